The molecule has 0 radical (unpaired) electrons. The lowest BCUT2D eigenvalue weighted by atomic mass is 10.2. The first-order valence-electron chi connectivity index (χ1n) is 4.62. The molecule has 3 heteroatoms. The Kier molecular flexibility index (Phi) is 4.52. The Morgan fingerprint density at radius 3 is 2.80 bits per heavy atom. The van der Waals surface area contributed by atoms with Gasteiger partial charge in [0.15, 0.2) is 0 Å². The Bertz CT molecular complexity index is 374. The van der Waals surface area contributed by atoms with Crippen LogP contribution in [0.2, 0.25) is 0 Å². The number of methoxy groups -OCH3 is 1. The average Bonchev–Trinajstić information content (AvgIpc) is 2.29. The molecule has 0 aliphatic carbocycles. The van der Waals surface area contributed by atoms with E-state index in [4.69, 9.17) is 14.6 Å². The van der Waals surface area contributed by atoms with Crippen LogP contribution in [0.5, 0.6) is 11.5 Å². The molecule has 0 aromatic heterocycles. The van der Waals surface area contributed by atoms with Gasteiger partial charge in [-0.2, -0.15) is 0 Å². The number of aliphatic hydroxyl groups excluding tert-OH is 1. The highest BCUT2D eigenvalue weighted by molar-refractivity contribution is 5.39. The molecular formula is C12H14O3. The van der Waals surface area contributed by atoms with Crippen molar-refractivity contribution in [3.63, 3.8) is 0 Å². The van der Waals surface area contributed by atoms with Gasteiger partial charge in [-0.05, 0) is 25.1 Å². The van der Waals surface area contributed by atoms with Gasteiger partial charge in [0.25, 0.3) is 0 Å². The summed E-state index contributed by atoms with van der Waals surface area (Å²) in [5, 5.41) is 9.08. The van der Waals surface area contributed by atoms with Crippen LogP contribution in [0.25, 0.3) is 0 Å². The third-order valence-electron chi connectivity index (χ3n) is 1.91. The Labute approximate surface area is 89.6 Å². The lowest BCUT2D eigenvalue weighted by Crippen LogP contribution is -1.97. The molecule has 3 nitrogen and oxygen atoms in total. The molecule has 0 bridgehead atoms. The fourth-order valence-electron chi connectivity index (χ4n) is 1.16. The first-order chi connectivity index (χ1) is 7.31. The standard InChI is InChI=1S/C12H14O3/c1-3-4-7-15-11-5-6-12(14-2)10(8-11)9-13/h5-6,8,13H,7,9H2,1-2H3. The van der Waals surface area contributed by atoms with Gasteiger partial charge in [0.1, 0.15) is 18.1 Å². The number of aliphatic hydroxyl groups is 1. The van der Waals surface area contributed by atoms with E-state index in [-0.39, 0.29) is 6.61 Å². The van der Waals surface area contributed by atoms with E-state index in [1.807, 2.05) is 0 Å². The number of rotatable bonds is 4. The van der Waals surface area contributed by atoms with E-state index < -0.39 is 0 Å². The van der Waals surface area contributed by atoms with Gasteiger partial charge in [-0.25, -0.2) is 0 Å². The van der Waals surface area contributed by atoms with E-state index in [1.165, 1.54) is 0 Å². The second-order valence-electron chi connectivity index (χ2n) is 2.85. The van der Waals surface area contributed by atoms with Crippen LogP contribution in [0, 0.1) is 11.8 Å². The second kappa shape index (κ2) is 5.94. The van der Waals surface area contributed by atoms with Crippen LogP contribution in [0.1, 0.15) is 12.5 Å². The van der Waals surface area contributed by atoms with Crippen molar-refractivity contribution >= 4 is 0 Å². The molecule has 0 saturated carbocycles. The van der Waals surface area contributed by atoms with Crippen molar-refractivity contribution in [2.24, 2.45) is 0 Å². The fraction of sp³-hybridized carbons (Fsp3) is 0.333. The Hall–Kier alpha value is -1.66. The largest absolute Gasteiger partial charge is 0.496 e. The molecule has 0 atom stereocenters. The van der Waals surface area contributed by atoms with Gasteiger partial charge < -0.3 is 14.6 Å². The number of benzene rings is 1. The zero-order valence-electron chi connectivity index (χ0n) is 8.91. The van der Waals surface area contributed by atoms with E-state index in [2.05, 4.69) is 11.8 Å². The normalized spacial score (nSPS) is 9.00. The monoisotopic (exact) mass is 206 g/mol. The van der Waals surface area contributed by atoms with Crippen LogP contribution in [0.15, 0.2) is 18.2 Å². The van der Waals surface area contributed by atoms with E-state index in [0.29, 0.717) is 23.7 Å². The summed E-state index contributed by atoms with van der Waals surface area (Å²) in [6.45, 7) is 2.05. The number of ether oxygens (including phenoxy) is 2. The second-order valence-corrected chi connectivity index (χ2v) is 2.85. The first-order valence-corrected chi connectivity index (χ1v) is 4.62. The van der Waals surface area contributed by atoms with Crippen molar-refractivity contribution in [1.82, 2.24) is 0 Å². The quantitative estimate of drug-likeness (QED) is 0.760. The minimum absolute atomic E-state index is 0.0696. The minimum atomic E-state index is -0.0696. The summed E-state index contributed by atoms with van der Waals surface area (Å²) >= 11 is 0. The molecule has 0 saturated heterocycles. The topological polar surface area (TPSA) is 38.7 Å². The molecular weight excluding hydrogens is 192 g/mol. The molecule has 1 N–H and O–H groups in total. The summed E-state index contributed by atoms with van der Waals surface area (Å²) in [6, 6.07) is 5.30. The van der Waals surface area contributed by atoms with Gasteiger partial charge in [0.05, 0.1) is 13.7 Å². The van der Waals surface area contributed by atoms with Gasteiger partial charge in [0.2, 0.25) is 0 Å². The molecule has 0 aliphatic rings. The number of hydrogen-bond acceptors (Lipinski definition) is 3. The maximum Gasteiger partial charge on any atom is 0.149 e. The van der Waals surface area contributed by atoms with Crippen molar-refractivity contribution in [2.75, 3.05) is 13.7 Å². The van der Waals surface area contributed by atoms with E-state index >= 15 is 0 Å². The van der Waals surface area contributed by atoms with Crippen LogP contribution in [0.3, 0.4) is 0 Å². The highest BCUT2D eigenvalue weighted by Crippen LogP contribution is 2.23. The van der Waals surface area contributed by atoms with Crippen molar-refractivity contribution in [1.29, 1.82) is 0 Å². The molecule has 0 amide bonds. The van der Waals surface area contributed by atoms with Gasteiger partial charge >= 0.3 is 0 Å². The van der Waals surface area contributed by atoms with Gasteiger partial charge in [-0.1, -0.05) is 5.92 Å². The molecule has 0 aliphatic heterocycles. The molecule has 1 rings (SSSR count). The summed E-state index contributed by atoms with van der Waals surface area (Å²) in [6.07, 6.45) is 0. The van der Waals surface area contributed by atoms with E-state index in [1.54, 1.807) is 32.2 Å². The van der Waals surface area contributed by atoms with Gasteiger partial charge in [-0.3, -0.25) is 0 Å². The van der Waals surface area contributed by atoms with Crippen molar-refractivity contribution in [2.45, 2.75) is 13.5 Å². The van der Waals surface area contributed by atoms with Gasteiger partial charge in [0, 0.05) is 5.56 Å². The van der Waals surface area contributed by atoms with E-state index in [0.717, 1.165) is 0 Å². The Balaban J connectivity index is 2.77. The van der Waals surface area contributed by atoms with Gasteiger partial charge in [-0.15, -0.1) is 5.92 Å². The molecule has 15 heavy (non-hydrogen) atoms. The summed E-state index contributed by atoms with van der Waals surface area (Å²) < 4.78 is 10.4. The van der Waals surface area contributed by atoms with Crippen molar-refractivity contribution in [3.8, 4) is 23.3 Å². The lowest BCUT2D eigenvalue weighted by Gasteiger charge is -2.08. The maximum atomic E-state index is 9.08. The van der Waals surface area contributed by atoms with Crippen LogP contribution >= 0.6 is 0 Å². The highest BCUT2D eigenvalue weighted by atomic mass is 16.5. The van der Waals surface area contributed by atoms with Crippen LogP contribution < -0.4 is 9.47 Å². The fourth-order valence-corrected chi connectivity index (χ4v) is 1.16. The van der Waals surface area contributed by atoms with Crippen LogP contribution in [0.4, 0.5) is 0 Å². The molecule has 0 unspecified atom stereocenters. The summed E-state index contributed by atoms with van der Waals surface area (Å²) in [7, 11) is 1.57. The summed E-state index contributed by atoms with van der Waals surface area (Å²) in [5.74, 6) is 6.88. The molecule has 1 aromatic rings. The molecule has 0 spiro atoms. The van der Waals surface area contributed by atoms with Crippen LogP contribution in [-0.4, -0.2) is 18.8 Å². The van der Waals surface area contributed by atoms with Crippen molar-refractivity contribution < 1.29 is 14.6 Å². The first kappa shape index (κ1) is 11.4. The Morgan fingerprint density at radius 2 is 2.20 bits per heavy atom. The maximum absolute atomic E-state index is 9.08. The predicted octanol–water partition coefficient (Wildman–Crippen LogP) is 1.59. The zero-order valence-corrected chi connectivity index (χ0v) is 8.91. The minimum Gasteiger partial charge on any atom is -0.496 e. The van der Waals surface area contributed by atoms with Crippen molar-refractivity contribution in [3.05, 3.63) is 23.8 Å². The lowest BCUT2D eigenvalue weighted by molar-refractivity contribution is 0.272. The predicted molar refractivity (Wildman–Crippen MR) is 57.9 cm³/mol. The summed E-state index contributed by atoms with van der Waals surface area (Å²) in [5.41, 5.74) is 0.708. The molecule has 1 aromatic carbocycles. The van der Waals surface area contributed by atoms with E-state index in [9.17, 15) is 0 Å². The molecule has 80 valence electrons. The third kappa shape index (κ3) is 3.19. The van der Waals surface area contributed by atoms with Crippen LogP contribution in [-0.2, 0) is 6.61 Å². The average molecular weight is 206 g/mol. The highest BCUT2D eigenvalue weighted by Gasteiger charge is 2.03. The smallest absolute Gasteiger partial charge is 0.149 e. The SMILES string of the molecule is CC#CCOc1ccc(OC)c(CO)c1. The summed E-state index contributed by atoms with van der Waals surface area (Å²) in [4.78, 5) is 0. The molecule has 0 fully saturated rings. The number of hydrogen-bond donors (Lipinski definition) is 1. The molecule has 0 heterocycles. The zero-order chi connectivity index (χ0) is 11.1. The Morgan fingerprint density at radius 1 is 1.40 bits per heavy atom. The third-order valence-corrected chi connectivity index (χ3v) is 1.91.